The maximum Gasteiger partial charge on any atom is 0.251 e. The average Bonchev–Trinajstić information content (AvgIpc) is 3.08. The molecular weight excluding hydrogens is 447 g/mol. The van der Waals surface area contributed by atoms with Gasteiger partial charge in [-0.15, -0.1) is 0 Å². The summed E-state index contributed by atoms with van der Waals surface area (Å²) in [6.07, 6.45) is 3.42. The van der Waals surface area contributed by atoms with Crippen LogP contribution in [0, 0.1) is 5.82 Å². The molecule has 3 aromatic carbocycles. The molecule has 1 heterocycles. The summed E-state index contributed by atoms with van der Waals surface area (Å²) in [6.45, 7) is 0.675. The molecule has 0 radical (unpaired) electrons. The minimum atomic E-state index is -1.08. The van der Waals surface area contributed by atoms with Gasteiger partial charge in [0.05, 0.1) is 0 Å². The van der Waals surface area contributed by atoms with Crippen molar-refractivity contribution in [1.82, 2.24) is 0 Å². The molecule has 4 rings (SSSR count). The molecule has 0 saturated carbocycles. The smallest absolute Gasteiger partial charge is 0.251 e. The highest BCUT2D eigenvalue weighted by molar-refractivity contribution is 5.99. The third-order valence-electron chi connectivity index (χ3n) is 5.96. The summed E-state index contributed by atoms with van der Waals surface area (Å²) in [5.41, 5.74) is 7.52. The van der Waals surface area contributed by atoms with Gasteiger partial charge in [0.1, 0.15) is 11.9 Å². The summed E-state index contributed by atoms with van der Waals surface area (Å²) in [6, 6.07) is 18.3. The number of nitrogens with two attached hydrogens (primary N) is 1. The Hall–Kier alpha value is -4.20. The highest BCUT2D eigenvalue weighted by Crippen LogP contribution is 2.26. The Morgan fingerprint density at radius 2 is 1.69 bits per heavy atom. The Bertz CT molecular complexity index is 1230. The van der Waals surface area contributed by atoms with E-state index in [1.165, 1.54) is 18.2 Å². The Morgan fingerprint density at radius 1 is 0.914 bits per heavy atom. The molecule has 0 aromatic heterocycles. The summed E-state index contributed by atoms with van der Waals surface area (Å²) in [7, 11) is 0. The number of primary amides is 1. The van der Waals surface area contributed by atoms with E-state index in [1.54, 1.807) is 59.5 Å². The van der Waals surface area contributed by atoms with Crippen molar-refractivity contribution >= 4 is 34.8 Å². The SMILES string of the molecule is NC(=O)c1cccc(NC(C(=O)Nc2ccc(N3CCCCCC3=O)cc2)c2ccccc2F)c1. The molecule has 1 fully saturated rings. The van der Waals surface area contributed by atoms with Crippen LogP contribution in [0.25, 0.3) is 0 Å². The van der Waals surface area contributed by atoms with Gasteiger partial charge in [-0.05, 0) is 61.4 Å². The molecule has 0 aliphatic carbocycles. The third-order valence-corrected chi connectivity index (χ3v) is 5.96. The topological polar surface area (TPSA) is 105 Å². The summed E-state index contributed by atoms with van der Waals surface area (Å²) in [5, 5.41) is 5.83. The van der Waals surface area contributed by atoms with E-state index < -0.39 is 23.7 Å². The van der Waals surface area contributed by atoms with Gasteiger partial charge >= 0.3 is 0 Å². The maximum atomic E-state index is 14.6. The number of hydrogen-bond acceptors (Lipinski definition) is 4. The second kappa shape index (κ2) is 10.8. The van der Waals surface area contributed by atoms with E-state index in [0.717, 1.165) is 24.9 Å². The van der Waals surface area contributed by atoms with E-state index in [2.05, 4.69) is 10.6 Å². The second-order valence-electron chi connectivity index (χ2n) is 8.44. The van der Waals surface area contributed by atoms with Gasteiger partial charge in [-0.3, -0.25) is 14.4 Å². The van der Waals surface area contributed by atoms with Crippen molar-refractivity contribution in [2.45, 2.75) is 31.7 Å². The molecular formula is C27H27FN4O3. The fourth-order valence-electron chi connectivity index (χ4n) is 4.12. The number of halogens is 1. The highest BCUT2D eigenvalue weighted by Gasteiger charge is 2.24. The van der Waals surface area contributed by atoms with Gasteiger partial charge in [0.25, 0.3) is 5.91 Å². The van der Waals surface area contributed by atoms with E-state index >= 15 is 0 Å². The van der Waals surface area contributed by atoms with Gasteiger partial charge in [-0.1, -0.05) is 30.7 Å². The van der Waals surface area contributed by atoms with Crippen LogP contribution in [0.2, 0.25) is 0 Å². The summed E-state index contributed by atoms with van der Waals surface area (Å²) >= 11 is 0. The molecule has 0 bridgehead atoms. The fourth-order valence-corrected chi connectivity index (χ4v) is 4.12. The van der Waals surface area contributed by atoms with Gasteiger partial charge in [0.2, 0.25) is 11.8 Å². The minimum Gasteiger partial charge on any atom is -0.370 e. The molecule has 3 aromatic rings. The van der Waals surface area contributed by atoms with Crippen LogP contribution in [0.1, 0.15) is 47.6 Å². The van der Waals surface area contributed by atoms with Gasteiger partial charge in [0.15, 0.2) is 0 Å². The quantitative estimate of drug-likeness (QED) is 0.465. The minimum absolute atomic E-state index is 0.0984. The van der Waals surface area contributed by atoms with Gasteiger partial charge in [0, 0.05) is 41.2 Å². The van der Waals surface area contributed by atoms with Crippen LogP contribution in [-0.4, -0.2) is 24.3 Å². The molecule has 1 unspecified atom stereocenters. The zero-order valence-corrected chi connectivity index (χ0v) is 19.2. The fraction of sp³-hybridized carbons (Fsp3) is 0.222. The van der Waals surface area contributed by atoms with Crippen LogP contribution < -0.4 is 21.3 Å². The lowest BCUT2D eigenvalue weighted by molar-refractivity contribution is -0.118. The number of carbonyl (C=O) groups is 3. The molecule has 180 valence electrons. The molecule has 35 heavy (non-hydrogen) atoms. The molecule has 4 N–H and O–H groups in total. The lowest BCUT2D eigenvalue weighted by Gasteiger charge is -2.22. The van der Waals surface area contributed by atoms with Crippen LogP contribution in [0.5, 0.6) is 0 Å². The number of nitrogens with one attached hydrogen (secondary N) is 2. The van der Waals surface area contributed by atoms with E-state index in [-0.39, 0.29) is 17.0 Å². The lowest BCUT2D eigenvalue weighted by atomic mass is 10.0. The van der Waals surface area contributed by atoms with Crippen LogP contribution >= 0.6 is 0 Å². The molecule has 0 spiro atoms. The summed E-state index contributed by atoms with van der Waals surface area (Å²) < 4.78 is 14.6. The van der Waals surface area contributed by atoms with Gasteiger partial charge in [-0.2, -0.15) is 0 Å². The number of rotatable bonds is 7. The molecule has 8 heteroatoms. The highest BCUT2D eigenvalue weighted by atomic mass is 19.1. The van der Waals surface area contributed by atoms with E-state index in [9.17, 15) is 18.8 Å². The third kappa shape index (κ3) is 5.84. The van der Waals surface area contributed by atoms with E-state index in [4.69, 9.17) is 5.73 Å². The van der Waals surface area contributed by atoms with Crippen molar-refractivity contribution in [3.63, 3.8) is 0 Å². The monoisotopic (exact) mass is 474 g/mol. The first-order valence-corrected chi connectivity index (χ1v) is 11.5. The predicted molar refractivity (Wildman–Crippen MR) is 134 cm³/mol. The van der Waals surface area contributed by atoms with Crippen molar-refractivity contribution < 1.29 is 18.8 Å². The summed E-state index contributed by atoms with van der Waals surface area (Å²) in [4.78, 5) is 39.0. The van der Waals surface area contributed by atoms with Crippen molar-refractivity contribution in [2.75, 3.05) is 22.1 Å². The number of carbonyl (C=O) groups excluding carboxylic acids is 3. The van der Waals surface area contributed by atoms with Crippen LogP contribution in [0.15, 0.2) is 72.8 Å². The van der Waals surface area contributed by atoms with Gasteiger partial charge < -0.3 is 21.3 Å². The Labute approximate surface area is 203 Å². The van der Waals surface area contributed by atoms with Crippen LogP contribution in [-0.2, 0) is 9.59 Å². The molecule has 1 aliphatic rings. The molecule has 1 aliphatic heterocycles. The Morgan fingerprint density at radius 3 is 2.43 bits per heavy atom. The van der Waals surface area contributed by atoms with E-state index in [0.29, 0.717) is 24.3 Å². The molecule has 1 atom stereocenters. The molecule has 7 nitrogen and oxygen atoms in total. The van der Waals surface area contributed by atoms with Crippen LogP contribution in [0.3, 0.4) is 0 Å². The average molecular weight is 475 g/mol. The first-order chi connectivity index (χ1) is 16.9. The maximum absolute atomic E-state index is 14.6. The number of hydrogen-bond donors (Lipinski definition) is 3. The van der Waals surface area contributed by atoms with Crippen molar-refractivity contribution in [3.05, 3.63) is 89.7 Å². The van der Waals surface area contributed by atoms with E-state index in [1.807, 2.05) is 0 Å². The summed E-state index contributed by atoms with van der Waals surface area (Å²) in [5.74, 6) is -1.54. The van der Waals surface area contributed by atoms with Gasteiger partial charge in [-0.25, -0.2) is 4.39 Å². The molecule has 3 amide bonds. The zero-order valence-electron chi connectivity index (χ0n) is 19.2. The Balaban J connectivity index is 1.55. The van der Waals surface area contributed by atoms with Crippen LogP contribution in [0.4, 0.5) is 21.5 Å². The van der Waals surface area contributed by atoms with Crippen molar-refractivity contribution in [3.8, 4) is 0 Å². The standard InChI is InChI=1S/C27H27FN4O3/c28-23-10-4-3-9-22(23)25(30-20-8-6-7-18(17-20)26(29)34)27(35)31-19-12-14-21(15-13-19)32-16-5-1-2-11-24(32)33/h3-4,6-10,12-15,17,25,30H,1-2,5,11,16H2,(H2,29,34)(H,31,35). The zero-order chi connectivity index (χ0) is 24.8. The second-order valence-corrected chi connectivity index (χ2v) is 8.44. The number of nitrogens with zero attached hydrogens (tertiary/aromatic N) is 1. The van der Waals surface area contributed by atoms with Crippen molar-refractivity contribution in [2.24, 2.45) is 5.73 Å². The number of anilines is 3. The molecule has 1 saturated heterocycles. The number of benzene rings is 3. The first kappa shape index (κ1) is 23.9. The predicted octanol–water partition coefficient (Wildman–Crippen LogP) is 4.62. The first-order valence-electron chi connectivity index (χ1n) is 11.5. The van der Waals surface area contributed by atoms with Crippen molar-refractivity contribution in [1.29, 1.82) is 0 Å². The normalized spacial score (nSPS) is 14.7. The lowest BCUT2D eigenvalue weighted by Crippen LogP contribution is -2.30. The largest absolute Gasteiger partial charge is 0.370 e. The Kier molecular flexibility index (Phi) is 7.40. The number of amides is 3.